The first-order valence-electron chi connectivity index (χ1n) is 4.98. The van der Waals surface area contributed by atoms with Gasteiger partial charge in [0.15, 0.2) is 0 Å². The maximum atomic E-state index is 5.91. The Morgan fingerprint density at radius 1 is 1.31 bits per heavy atom. The first kappa shape index (κ1) is 11.6. The monoisotopic (exact) mass is 253 g/mol. The van der Waals surface area contributed by atoms with Gasteiger partial charge in [-0.25, -0.2) is 0 Å². The predicted octanol–water partition coefficient (Wildman–Crippen LogP) is 4.07. The van der Waals surface area contributed by atoms with Gasteiger partial charge in [0.2, 0.25) is 0 Å². The predicted molar refractivity (Wildman–Crippen MR) is 67.7 cm³/mol. The Kier molecular flexibility index (Phi) is 3.91. The smallest absolute Gasteiger partial charge is 0.146 e. The maximum Gasteiger partial charge on any atom is 0.146 e. The number of aryl methyl sites for hydroxylation is 1. The van der Waals surface area contributed by atoms with Gasteiger partial charge in [-0.2, -0.15) is 0 Å². The number of hydrogen-bond acceptors (Lipinski definition) is 3. The lowest BCUT2D eigenvalue weighted by molar-refractivity contribution is 0.391. The lowest BCUT2D eigenvalue weighted by Gasteiger charge is -2.00. The van der Waals surface area contributed by atoms with Gasteiger partial charge in [0, 0.05) is 16.8 Å². The molecule has 84 valence electrons. The molecule has 0 aliphatic heterocycles. The highest BCUT2D eigenvalue weighted by Crippen LogP contribution is 2.20. The number of aromatic nitrogens is 1. The fourth-order valence-corrected chi connectivity index (χ4v) is 2.45. The van der Waals surface area contributed by atoms with Crippen LogP contribution in [0.25, 0.3) is 0 Å². The molecule has 0 bridgehead atoms. The van der Waals surface area contributed by atoms with Gasteiger partial charge in [0.1, 0.15) is 5.76 Å². The summed E-state index contributed by atoms with van der Waals surface area (Å²) in [6, 6.07) is 9.88. The van der Waals surface area contributed by atoms with Crippen LogP contribution >= 0.6 is 23.4 Å². The second-order valence-corrected chi connectivity index (χ2v) is 4.98. The molecule has 0 saturated carbocycles. The Morgan fingerprint density at radius 2 is 2.19 bits per heavy atom. The minimum atomic E-state index is 0.786. The van der Waals surface area contributed by atoms with E-state index >= 15 is 0 Å². The van der Waals surface area contributed by atoms with Crippen molar-refractivity contribution in [1.82, 2.24) is 5.16 Å². The average molecular weight is 254 g/mol. The van der Waals surface area contributed by atoms with Crippen LogP contribution in [0.4, 0.5) is 0 Å². The van der Waals surface area contributed by atoms with Gasteiger partial charge in [0.25, 0.3) is 0 Å². The highest BCUT2D eigenvalue weighted by molar-refractivity contribution is 7.97. The summed E-state index contributed by atoms with van der Waals surface area (Å²) in [5, 5.41) is 4.63. The Bertz CT molecular complexity index is 470. The van der Waals surface area contributed by atoms with Crippen LogP contribution < -0.4 is 0 Å². The Balaban J connectivity index is 1.84. The molecule has 2 aromatic rings. The number of hydrogen-bond donors (Lipinski definition) is 0. The van der Waals surface area contributed by atoms with Crippen LogP contribution in [-0.2, 0) is 11.5 Å². The number of rotatable bonds is 4. The van der Waals surface area contributed by atoms with Crippen molar-refractivity contribution in [3.05, 3.63) is 52.4 Å². The lowest BCUT2D eigenvalue weighted by Crippen LogP contribution is -1.81. The van der Waals surface area contributed by atoms with E-state index in [9.17, 15) is 0 Å². The molecule has 2 rings (SSSR count). The quantitative estimate of drug-likeness (QED) is 0.822. The summed E-state index contributed by atoms with van der Waals surface area (Å²) < 4.78 is 5.13. The Morgan fingerprint density at radius 3 is 2.88 bits per heavy atom. The van der Waals surface area contributed by atoms with Crippen molar-refractivity contribution in [1.29, 1.82) is 0 Å². The largest absolute Gasteiger partial charge is 0.360 e. The van der Waals surface area contributed by atoms with E-state index in [1.165, 1.54) is 5.56 Å². The summed E-state index contributed by atoms with van der Waals surface area (Å²) in [4.78, 5) is 0. The van der Waals surface area contributed by atoms with Crippen molar-refractivity contribution in [3.8, 4) is 0 Å². The first-order valence-corrected chi connectivity index (χ1v) is 6.52. The normalized spacial score (nSPS) is 10.6. The molecule has 2 nitrogen and oxygen atoms in total. The van der Waals surface area contributed by atoms with Crippen LogP contribution in [0.1, 0.15) is 17.0 Å². The molecule has 16 heavy (non-hydrogen) atoms. The number of benzene rings is 1. The Hall–Kier alpha value is -0.930. The van der Waals surface area contributed by atoms with Gasteiger partial charge in [-0.05, 0) is 24.6 Å². The second kappa shape index (κ2) is 5.41. The van der Waals surface area contributed by atoms with Crippen LogP contribution in [0.3, 0.4) is 0 Å². The molecule has 0 aliphatic carbocycles. The van der Waals surface area contributed by atoms with Crippen molar-refractivity contribution in [2.24, 2.45) is 0 Å². The van der Waals surface area contributed by atoms with Crippen molar-refractivity contribution in [2.75, 3.05) is 0 Å². The third-order valence-electron chi connectivity index (χ3n) is 2.08. The van der Waals surface area contributed by atoms with Crippen LogP contribution in [0.5, 0.6) is 0 Å². The van der Waals surface area contributed by atoms with Crippen LogP contribution in [0.15, 0.2) is 34.9 Å². The maximum absolute atomic E-state index is 5.91. The summed E-state index contributed by atoms with van der Waals surface area (Å²) in [7, 11) is 0. The van der Waals surface area contributed by atoms with Crippen LogP contribution in [0, 0.1) is 6.92 Å². The summed E-state index contributed by atoms with van der Waals surface area (Å²) in [6.45, 7) is 1.93. The number of thioether (sulfide) groups is 1. The van der Waals surface area contributed by atoms with E-state index in [0.29, 0.717) is 0 Å². The summed E-state index contributed by atoms with van der Waals surface area (Å²) in [5.74, 6) is 2.69. The fourth-order valence-electron chi connectivity index (χ4n) is 1.38. The number of halogens is 1. The fraction of sp³-hybridized carbons (Fsp3) is 0.250. The van der Waals surface area contributed by atoms with E-state index in [-0.39, 0.29) is 0 Å². The zero-order chi connectivity index (χ0) is 11.4. The molecule has 0 spiro atoms. The minimum absolute atomic E-state index is 0.786. The molecule has 1 heterocycles. The minimum Gasteiger partial charge on any atom is -0.360 e. The van der Waals surface area contributed by atoms with E-state index < -0.39 is 0 Å². The summed E-state index contributed by atoms with van der Waals surface area (Å²) in [5.41, 5.74) is 2.16. The highest BCUT2D eigenvalue weighted by Gasteiger charge is 2.01. The van der Waals surface area contributed by atoms with Gasteiger partial charge in [0.05, 0.1) is 11.4 Å². The molecule has 0 radical (unpaired) electrons. The molecule has 4 heteroatoms. The second-order valence-electron chi connectivity index (χ2n) is 3.56. The summed E-state index contributed by atoms with van der Waals surface area (Å²) in [6.07, 6.45) is 0. The third kappa shape index (κ3) is 3.29. The van der Waals surface area contributed by atoms with E-state index in [2.05, 4.69) is 11.2 Å². The highest BCUT2D eigenvalue weighted by atomic mass is 35.5. The molecule has 1 aromatic heterocycles. The van der Waals surface area contributed by atoms with Gasteiger partial charge in [-0.15, -0.1) is 11.8 Å². The van der Waals surface area contributed by atoms with E-state index in [1.807, 2.05) is 31.2 Å². The zero-order valence-corrected chi connectivity index (χ0v) is 10.5. The first-order chi connectivity index (χ1) is 7.74. The standard InChI is InChI=1S/C12H12ClNOS/c1-9-5-12(15-14-9)8-16-7-10-3-2-4-11(13)6-10/h2-6H,7-8H2,1H3. The average Bonchev–Trinajstić information content (AvgIpc) is 2.64. The van der Waals surface area contributed by atoms with Gasteiger partial charge < -0.3 is 4.52 Å². The molecule has 0 N–H and O–H groups in total. The molecule has 0 fully saturated rings. The SMILES string of the molecule is Cc1cc(CSCc2cccc(Cl)c2)on1. The van der Waals surface area contributed by atoms with Crippen molar-refractivity contribution in [2.45, 2.75) is 18.4 Å². The molecule has 0 amide bonds. The third-order valence-corrected chi connectivity index (χ3v) is 3.34. The van der Waals surface area contributed by atoms with E-state index in [1.54, 1.807) is 11.8 Å². The topological polar surface area (TPSA) is 26.0 Å². The lowest BCUT2D eigenvalue weighted by atomic mass is 10.2. The molecular weight excluding hydrogens is 242 g/mol. The zero-order valence-electron chi connectivity index (χ0n) is 8.94. The number of nitrogens with zero attached hydrogens (tertiary/aromatic N) is 1. The molecular formula is C12H12ClNOS. The summed E-state index contributed by atoms with van der Waals surface area (Å²) >= 11 is 7.70. The van der Waals surface area contributed by atoms with Gasteiger partial charge >= 0.3 is 0 Å². The molecule has 0 saturated heterocycles. The van der Waals surface area contributed by atoms with Gasteiger partial charge in [-0.1, -0.05) is 28.9 Å². The van der Waals surface area contributed by atoms with Crippen molar-refractivity contribution >= 4 is 23.4 Å². The van der Waals surface area contributed by atoms with Crippen molar-refractivity contribution < 1.29 is 4.52 Å². The molecule has 1 aromatic carbocycles. The molecule has 0 aliphatic rings. The van der Waals surface area contributed by atoms with Crippen LogP contribution in [-0.4, -0.2) is 5.16 Å². The van der Waals surface area contributed by atoms with Gasteiger partial charge in [-0.3, -0.25) is 0 Å². The van der Waals surface area contributed by atoms with E-state index in [0.717, 1.165) is 28.0 Å². The molecule has 0 unspecified atom stereocenters. The van der Waals surface area contributed by atoms with Crippen molar-refractivity contribution in [3.63, 3.8) is 0 Å². The van der Waals surface area contributed by atoms with E-state index in [4.69, 9.17) is 16.1 Å². The Labute approximate surface area is 104 Å². The molecule has 0 atom stereocenters. The van der Waals surface area contributed by atoms with Crippen LogP contribution in [0.2, 0.25) is 5.02 Å².